The lowest BCUT2D eigenvalue weighted by Gasteiger charge is -2.39. The lowest BCUT2D eigenvalue weighted by molar-refractivity contribution is 0.225. The molecule has 0 aliphatic carbocycles. The van der Waals surface area contributed by atoms with Crippen LogP contribution in [0.15, 0.2) is 48.7 Å². The van der Waals surface area contributed by atoms with Crippen LogP contribution in [-0.4, -0.2) is 4.98 Å². The van der Waals surface area contributed by atoms with E-state index >= 15 is 0 Å². The Labute approximate surface area is 154 Å². The lowest BCUT2D eigenvalue weighted by Crippen LogP contribution is -2.33. The van der Waals surface area contributed by atoms with Crippen LogP contribution < -0.4 is 0 Å². The van der Waals surface area contributed by atoms with Gasteiger partial charge in [-0.2, -0.15) is 0 Å². The first kappa shape index (κ1) is 19.7. The number of pyridine rings is 1. The average molecular weight is 338 g/mol. The Morgan fingerprint density at radius 1 is 0.840 bits per heavy atom. The van der Waals surface area contributed by atoms with Gasteiger partial charge in [0.2, 0.25) is 0 Å². The second-order valence-corrected chi connectivity index (χ2v) is 9.71. The van der Waals surface area contributed by atoms with Gasteiger partial charge in [-0.1, -0.05) is 85.7 Å². The topological polar surface area (TPSA) is 12.9 Å². The van der Waals surface area contributed by atoms with Crippen molar-refractivity contribution < 1.29 is 0 Å². The molecule has 0 bridgehead atoms. The molecule has 2 rings (SSSR count). The first-order valence-corrected chi connectivity index (χ1v) is 9.45. The largest absolute Gasteiger partial charge is 0.261 e. The Bertz CT molecular complexity index is 672. The highest BCUT2D eigenvalue weighted by atomic mass is 14.7. The molecule has 136 valence electrons. The van der Waals surface area contributed by atoms with E-state index in [0.29, 0.717) is 5.92 Å². The average Bonchev–Trinajstić information content (AvgIpc) is 2.54. The molecule has 1 heterocycles. The van der Waals surface area contributed by atoms with Crippen LogP contribution in [0.1, 0.15) is 78.1 Å². The molecule has 2 aromatic rings. The van der Waals surface area contributed by atoms with Crippen LogP contribution in [0.2, 0.25) is 0 Å². The van der Waals surface area contributed by atoms with Crippen molar-refractivity contribution in [1.29, 1.82) is 0 Å². The predicted molar refractivity (Wildman–Crippen MR) is 109 cm³/mol. The zero-order valence-electron chi connectivity index (χ0n) is 17.4. The maximum absolute atomic E-state index is 4.56. The third kappa shape index (κ3) is 4.32. The molecule has 0 N–H and O–H groups in total. The molecule has 25 heavy (non-hydrogen) atoms. The summed E-state index contributed by atoms with van der Waals surface area (Å²) in [4.78, 5) is 4.56. The molecular formula is C24H35N. The second-order valence-electron chi connectivity index (χ2n) is 9.71. The number of rotatable bonds is 5. The van der Waals surface area contributed by atoms with E-state index in [0.717, 1.165) is 6.42 Å². The third-order valence-electron chi connectivity index (χ3n) is 6.51. The summed E-state index contributed by atoms with van der Waals surface area (Å²) < 4.78 is 0. The Hall–Kier alpha value is -1.63. The van der Waals surface area contributed by atoms with Gasteiger partial charge in [0, 0.05) is 17.8 Å². The Morgan fingerprint density at radius 2 is 1.44 bits per heavy atom. The molecule has 0 radical (unpaired) electrons. The molecule has 0 saturated carbocycles. The van der Waals surface area contributed by atoms with Gasteiger partial charge in [-0.25, -0.2) is 0 Å². The van der Waals surface area contributed by atoms with Gasteiger partial charge in [-0.3, -0.25) is 4.98 Å². The molecule has 1 aromatic heterocycles. The summed E-state index contributed by atoms with van der Waals surface area (Å²) in [5, 5.41) is 0. The monoisotopic (exact) mass is 337 g/mol. The van der Waals surface area contributed by atoms with Crippen molar-refractivity contribution in [3.8, 4) is 0 Å². The minimum Gasteiger partial charge on any atom is -0.261 e. The zero-order valence-corrected chi connectivity index (χ0v) is 17.4. The standard InChI is InChI=1S/C24H35N/c1-18(21-11-9-10-16-25-21)23(5,6)17-19-12-14-20(15-13-19)24(7,8)22(2,3)4/h9-16,18H,17H2,1-8H3. The second kappa shape index (κ2) is 6.94. The molecule has 1 nitrogen and oxygen atoms in total. The number of aromatic nitrogens is 1. The fraction of sp³-hybridized carbons (Fsp3) is 0.542. The van der Waals surface area contributed by atoms with E-state index in [2.05, 4.69) is 96.8 Å². The van der Waals surface area contributed by atoms with Crippen LogP contribution >= 0.6 is 0 Å². The molecule has 0 fully saturated rings. The van der Waals surface area contributed by atoms with E-state index in [-0.39, 0.29) is 16.2 Å². The fourth-order valence-corrected chi connectivity index (χ4v) is 3.18. The summed E-state index contributed by atoms with van der Waals surface area (Å²) in [5.74, 6) is 0.416. The third-order valence-corrected chi connectivity index (χ3v) is 6.51. The number of benzene rings is 1. The summed E-state index contributed by atoms with van der Waals surface area (Å²) in [6, 6.07) is 15.5. The first-order chi connectivity index (χ1) is 11.4. The molecule has 0 aliphatic rings. The number of hydrogen-bond donors (Lipinski definition) is 0. The Kier molecular flexibility index (Phi) is 5.47. The molecule has 0 amide bonds. The highest BCUT2D eigenvalue weighted by molar-refractivity contribution is 5.30. The van der Waals surface area contributed by atoms with Crippen molar-refractivity contribution in [1.82, 2.24) is 4.98 Å². The fourth-order valence-electron chi connectivity index (χ4n) is 3.18. The van der Waals surface area contributed by atoms with Crippen LogP contribution in [0.25, 0.3) is 0 Å². The summed E-state index contributed by atoms with van der Waals surface area (Å²) >= 11 is 0. The molecule has 0 aliphatic heterocycles. The maximum Gasteiger partial charge on any atom is 0.0437 e. The number of hydrogen-bond acceptors (Lipinski definition) is 1. The molecule has 0 saturated heterocycles. The van der Waals surface area contributed by atoms with Gasteiger partial charge in [0.25, 0.3) is 0 Å². The minimum atomic E-state index is 0.155. The summed E-state index contributed by atoms with van der Waals surface area (Å²) in [7, 11) is 0. The van der Waals surface area contributed by atoms with Gasteiger partial charge in [0.05, 0.1) is 0 Å². The zero-order chi connectivity index (χ0) is 18.9. The quantitative estimate of drug-likeness (QED) is 0.586. The van der Waals surface area contributed by atoms with Crippen molar-refractivity contribution in [3.05, 3.63) is 65.5 Å². The minimum absolute atomic E-state index is 0.155. The summed E-state index contributed by atoms with van der Waals surface area (Å²) in [6.07, 6.45) is 2.95. The lowest BCUT2D eigenvalue weighted by atomic mass is 9.65. The van der Waals surface area contributed by atoms with Crippen molar-refractivity contribution >= 4 is 0 Å². The highest BCUT2D eigenvalue weighted by Crippen LogP contribution is 2.41. The van der Waals surface area contributed by atoms with Crippen molar-refractivity contribution in [2.24, 2.45) is 10.8 Å². The van der Waals surface area contributed by atoms with Gasteiger partial charge in [-0.15, -0.1) is 0 Å². The van der Waals surface area contributed by atoms with E-state index in [4.69, 9.17) is 0 Å². The van der Waals surface area contributed by atoms with Gasteiger partial charge >= 0.3 is 0 Å². The van der Waals surface area contributed by atoms with Crippen LogP contribution in [0.5, 0.6) is 0 Å². The molecule has 1 aromatic carbocycles. The van der Waals surface area contributed by atoms with Crippen LogP contribution in [-0.2, 0) is 11.8 Å². The predicted octanol–water partition coefficient (Wildman–Crippen LogP) is 6.78. The SMILES string of the molecule is CC(c1ccccn1)C(C)(C)Cc1ccc(C(C)(C)C(C)(C)C)cc1. The highest BCUT2D eigenvalue weighted by Gasteiger charge is 2.34. The summed E-state index contributed by atoms with van der Waals surface area (Å²) in [5.41, 5.74) is 4.55. The number of nitrogens with zero attached hydrogens (tertiary/aromatic N) is 1. The van der Waals surface area contributed by atoms with Gasteiger partial charge in [0.15, 0.2) is 0 Å². The van der Waals surface area contributed by atoms with Crippen LogP contribution in [0, 0.1) is 10.8 Å². The van der Waals surface area contributed by atoms with E-state index in [1.54, 1.807) is 0 Å². The first-order valence-electron chi connectivity index (χ1n) is 9.45. The van der Waals surface area contributed by atoms with Gasteiger partial charge < -0.3 is 0 Å². The Morgan fingerprint density at radius 3 is 1.92 bits per heavy atom. The molecule has 1 heteroatoms. The molecular weight excluding hydrogens is 302 g/mol. The Balaban J connectivity index is 2.18. The smallest absolute Gasteiger partial charge is 0.0437 e. The van der Waals surface area contributed by atoms with Crippen molar-refractivity contribution in [2.75, 3.05) is 0 Å². The van der Waals surface area contributed by atoms with Crippen molar-refractivity contribution in [3.63, 3.8) is 0 Å². The van der Waals surface area contributed by atoms with Crippen LogP contribution in [0.4, 0.5) is 0 Å². The van der Waals surface area contributed by atoms with E-state index in [1.165, 1.54) is 16.8 Å². The molecule has 1 unspecified atom stereocenters. The van der Waals surface area contributed by atoms with Gasteiger partial charge in [0.1, 0.15) is 0 Å². The van der Waals surface area contributed by atoms with E-state index in [9.17, 15) is 0 Å². The van der Waals surface area contributed by atoms with Crippen LogP contribution in [0.3, 0.4) is 0 Å². The normalized spacial score (nSPS) is 14.4. The molecule has 0 spiro atoms. The molecule has 1 atom stereocenters. The maximum atomic E-state index is 4.56. The summed E-state index contributed by atoms with van der Waals surface area (Å²) in [6.45, 7) is 18.6. The van der Waals surface area contributed by atoms with Crippen molar-refractivity contribution in [2.45, 2.75) is 73.1 Å². The van der Waals surface area contributed by atoms with Gasteiger partial charge in [-0.05, 0) is 45.9 Å². The van der Waals surface area contributed by atoms with E-state index in [1.807, 2.05) is 12.3 Å². The van der Waals surface area contributed by atoms with E-state index < -0.39 is 0 Å².